The number of carboxylic acids is 1. The zero-order valence-electron chi connectivity index (χ0n) is 13.4. The predicted molar refractivity (Wildman–Crippen MR) is 81.9 cm³/mol. The predicted octanol–water partition coefficient (Wildman–Crippen LogP) is 1.86. The molecule has 124 valence electrons. The van der Waals surface area contributed by atoms with E-state index in [4.69, 9.17) is 9.84 Å². The number of aliphatic carboxylic acids is 1. The van der Waals surface area contributed by atoms with Gasteiger partial charge in [-0.1, -0.05) is 0 Å². The Bertz CT molecular complexity index is 513. The van der Waals surface area contributed by atoms with Crippen LogP contribution in [-0.4, -0.2) is 46.1 Å². The summed E-state index contributed by atoms with van der Waals surface area (Å²) in [5, 5.41) is 18.3. The molecule has 0 aromatic carbocycles. The van der Waals surface area contributed by atoms with E-state index in [2.05, 4.69) is 15.7 Å². The average Bonchev–Trinajstić information content (AvgIpc) is 2.84. The molecule has 0 aliphatic carbocycles. The summed E-state index contributed by atoms with van der Waals surface area (Å²) in [4.78, 5) is 22.5. The summed E-state index contributed by atoms with van der Waals surface area (Å²) < 4.78 is 6.76. The Hall–Kier alpha value is -2.09. The number of carbonyl (C=O) groups is 2. The van der Waals surface area contributed by atoms with Crippen LogP contribution in [0.4, 0.5) is 10.6 Å². The number of anilines is 1. The van der Waals surface area contributed by atoms with Crippen LogP contribution in [0.15, 0.2) is 12.3 Å². The molecular formula is C14H24N4O4. The van der Waals surface area contributed by atoms with Gasteiger partial charge >= 0.3 is 12.0 Å². The van der Waals surface area contributed by atoms with Crippen molar-refractivity contribution < 1.29 is 19.4 Å². The maximum atomic E-state index is 11.9. The van der Waals surface area contributed by atoms with Gasteiger partial charge in [0, 0.05) is 31.3 Å². The van der Waals surface area contributed by atoms with Crippen molar-refractivity contribution in [1.29, 1.82) is 0 Å². The summed E-state index contributed by atoms with van der Waals surface area (Å²) in [5.41, 5.74) is -0.617. The molecule has 0 fully saturated rings. The molecule has 3 N–H and O–H groups in total. The van der Waals surface area contributed by atoms with Crippen LogP contribution in [0.1, 0.15) is 39.7 Å². The number of amides is 2. The third kappa shape index (κ3) is 6.13. The number of methoxy groups -OCH3 is 1. The number of ether oxygens (including phenoxy) is 1. The molecular weight excluding hydrogens is 288 g/mol. The fourth-order valence-corrected chi connectivity index (χ4v) is 1.90. The number of nitrogens with zero attached hydrogens (tertiary/aromatic N) is 2. The van der Waals surface area contributed by atoms with Crippen LogP contribution in [0.2, 0.25) is 0 Å². The molecule has 1 unspecified atom stereocenters. The van der Waals surface area contributed by atoms with Crippen molar-refractivity contribution in [2.45, 2.75) is 45.2 Å². The van der Waals surface area contributed by atoms with Gasteiger partial charge in [0.1, 0.15) is 0 Å². The fourth-order valence-electron chi connectivity index (χ4n) is 1.90. The van der Waals surface area contributed by atoms with Gasteiger partial charge in [-0.3, -0.25) is 14.8 Å². The SMILES string of the molecule is COCC(C)n1ccc(NC(=O)NC(C)(C)CCC(=O)O)n1. The van der Waals surface area contributed by atoms with Gasteiger partial charge < -0.3 is 15.2 Å². The number of hydrogen-bond donors (Lipinski definition) is 3. The normalized spacial score (nSPS) is 12.7. The summed E-state index contributed by atoms with van der Waals surface area (Å²) in [6, 6.07) is 1.34. The molecule has 0 radical (unpaired) electrons. The zero-order chi connectivity index (χ0) is 16.8. The first-order valence-electron chi connectivity index (χ1n) is 7.08. The van der Waals surface area contributed by atoms with E-state index in [1.54, 1.807) is 37.9 Å². The molecule has 22 heavy (non-hydrogen) atoms. The number of rotatable bonds is 8. The van der Waals surface area contributed by atoms with Gasteiger partial charge in [0.2, 0.25) is 0 Å². The van der Waals surface area contributed by atoms with Crippen LogP contribution >= 0.6 is 0 Å². The molecule has 1 aromatic heterocycles. The Morgan fingerprint density at radius 1 is 1.50 bits per heavy atom. The lowest BCUT2D eigenvalue weighted by molar-refractivity contribution is -0.137. The van der Waals surface area contributed by atoms with Gasteiger partial charge in [-0.15, -0.1) is 0 Å². The molecule has 1 aromatic rings. The molecule has 0 bridgehead atoms. The van der Waals surface area contributed by atoms with E-state index in [9.17, 15) is 9.59 Å². The highest BCUT2D eigenvalue weighted by atomic mass is 16.5. The van der Waals surface area contributed by atoms with Gasteiger partial charge in [-0.25, -0.2) is 4.79 Å². The van der Waals surface area contributed by atoms with Crippen LogP contribution in [0.3, 0.4) is 0 Å². The summed E-state index contributed by atoms with van der Waals surface area (Å²) in [6.07, 6.45) is 2.10. The summed E-state index contributed by atoms with van der Waals surface area (Å²) in [6.45, 7) is 6.02. The van der Waals surface area contributed by atoms with Crippen LogP contribution in [0.5, 0.6) is 0 Å². The zero-order valence-corrected chi connectivity index (χ0v) is 13.4. The van der Waals surface area contributed by atoms with Crippen molar-refractivity contribution in [2.75, 3.05) is 19.0 Å². The van der Waals surface area contributed by atoms with E-state index in [1.165, 1.54) is 0 Å². The lowest BCUT2D eigenvalue weighted by atomic mass is 9.99. The highest BCUT2D eigenvalue weighted by molar-refractivity contribution is 5.88. The second kappa shape index (κ2) is 7.79. The molecule has 1 rings (SSSR count). The second-order valence-corrected chi connectivity index (χ2v) is 5.84. The molecule has 8 heteroatoms. The first kappa shape index (κ1) is 18.0. The maximum Gasteiger partial charge on any atom is 0.320 e. The maximum absolute atomic E-state index is 11.9. The van der Waals surface area contributed by atoms with Crippen LogP contribution in [0.25, 0.3) is 0 Å². The van der Waals surface area contributed by atoms with E-state index in [-0.39, 0.29) is 12.5 Å². The molecule has 0 saturated heterocycles. The largest absolute Gasteiger partial charge is 0.481 e. The fraction of sp³-hybridized carbons (Fsp3) is 0.643. The Labute approximate surface area is 129 Å². The number of hydrogen-bond acceptors (Lipinski definition) is 4. The van der Waals surface area contributed by atoms with Crippen LogP contribution in [-0.2, 0) is 9.53 Å². The van der Waals surface area contributed by atoms with E-state index in [0.717, 1.165) is 0 Å². The second-order valence-electron chi connectivity index (χ2n) is 5.84. The number of carbonyl (C=O) groups excluding carboxylic acids is 1. The summed E-state index contributed by atoms with van der Waals surface area (Å²) in [5.74, 6) is -0.462. The first-order valence-corrected chi connectivity index (χ1v) is 7.08. The minimum absolute atomic E-state index is 0.00353. The van der Waals surface area contributed by atoms with Crippen molar-refractivity contribution in [1.82, 2.24) is 15.1 Å². The summed E-state index contributed by atoms with van der Waals surface area (Å²) >= 11 is 0. The number of carboxylic acid groups (broad SMARTS) is 1. The van der Waals surface area contributed by atoms with Crippen molar-refractivity contribution in [2.24, 2.45) is 0 Å². The van der Waals surface area contributed by atoms with Crippen molar-refractivity contribution in [3.63, 3.8) is 0 Å². The Morgan fingerprint density at radius 3 is 2.77 bits per heavy atom. The molecule has 1 heterocycles. The van der Waals surface area contributed by atoms with Gasteiger partial charge in [0.05, 0.1) is 12.6 Å². The lowest BCUT2D eigenvalue weighted by Crippen LogP contribution is -2.45. The number of urea groups is 1. The van der Waals surface area contributed by atoms with Gasteiger partial charge in [-0.2, -0.15) is 5.10 Å². The van der Waals surface area contributed by atoms with Gasteiger partial charge in [-0.05, 0) is 27.2 Å². The first-order chi connectivity index (χ1) is 10.2. The quantitative estimate of drug-likeness (QED) is 0.679. The third-order valence-corrected chi connectivity index (χ3v) is 3.13. The topological polar surface area (TPSA) is 105 Å². The molecule has 2 amide bonds. The van der Waals surface area contributed by atoms with Crippen molar-refractivity contribution in [3.05, 3.63) is 12.3 Å². The van der Waals surface area contributed by atoms with Crippen LogP contribution < -0.4 is 10.6 Å². The highest BCUT2D eigenvalue weighted by Gasteiger charge is 2.22. The monoisotopic (exact) mass is 312 g/mol. The number of nitrogens with one attached hydrogen (secondary N) is 2. The number of aromatic nitrogens is 2. The molecule has 8 nitrogen and oxygen atoms in total. The molecule has 1 atom stereocenters. The van der Waals surface area contributed by atoms with E-state index in [1.807, 2.05) is 6.92 Å². The van der Waals surface area contributed by atoms with Crippen molar-refractivity contribution in [3.8, 4) is 0 Å². The summed E-state index contributed by atoms with van der Waals surface area (Å²) in [7, 11) is 1.62. The van der Waals surface area contributed by atoms with Gasteiger partial charge in [0.15, 0.2) is 5.82 Å². The highest BCUT2D eigenvalue weighted by Crippen LogP contribution is 2.13. The Morgan fingerprint density at radius 2 is 2.18 bits per heavy atom. The van der Waals surface area contributed by atoms with E-state index < -0.39 is 17.5 Å². The molecule has 0 spiro atoms. The van der Waals surface area contributed by atoms with Crippen molar-refractivity contribution >= 4 is 17.8 Å². The Balaban J connectivity index is 2.53. The minimum atomic E-state index is -0.888. The lowest BCUT2D eigenvalue weighted by Gasteiger charge is -2.25. The van der Waals surface area contributed by atoms with Gasteiger partial charge in [0.25, 0.3) is 0 Å². The van der Waals surface area contributed by atoms with E-state index >= 15 is 0 Å². The molecule has 0 saturated carbocycles. The minimum Gasteiger partial charge on any atom is -0.481 e. The Kier molecular flexibility index (Phi) is 6.36. The standard InChI is InChI=1S/C14H24N4O4/c1-10(9-22-4)18-8-6-11(17-18)15-13(21)16-14(2,3)7-5-12(19)20/h6,8,10H,5,7,9H2,1-4H3,(H,19,20)(H2,15,16,17,21). The smallest absolute Gasteiger partial charge is 0.320 e. The van der Waals surface area contributed by atoms with E-state index in [0.29, 0.717) is 18.8 Å². The van der Waals surface area contributed by atoms with Crippen LogP contribution in [0, 0.1) is 0 Å². The molecule has 0 aliphatic rings. The molecule has 0 aliphatic heterocycles. The average molecular weight is 312 g/mol. The third-order valence-electron chi connectivity index (χ3n) is 3.13.